The summed E-state index contributed by atoms with van der Waals surface area (Å²) in [4.78, 5) is 25.4. The molecule has 6 heteroatoms. The number of aromatic nitrogens is 1. The van der Waals surface area contributed by atoms with E-state index >= 15 is 0 Å². The molecule has 4 N–H and O–H groups in total. The lowest BCUT2D eigenvalue weighted by Crippen LogP contribution is -2.33. The summed E-state index contributed by atoms with van der Waals surface area (Å²) in [6.45, 7) is 6.47. The summed E-state index contributed by atoms with van der Waals surface area (Å²) in [5.74, 6) is -0.652. The Morgan fingerprint density at radius 1 is 1.37 bits per heavy atom. The van der Waals surface area contributed by atoms with Crippen LogP contribution >= 0.6 is 0 Å². The number of carbonyl (C=O) groups excluding carboxylic acids is 1. The van der Waals surface area contributed by atoms with E-state index in [0.717, 1.165) is 12.8 Å². The minimum Gasteiger partial charge on any atom is -0.477 e. The lowest BCUT2D eigenvalue weighted by Gasteiger charge is -2.13. The number of amides is 2. The molecule has 1 heterocycles. The second-order valence-electron chi connectivity index (χ2n) is 4.56. The monoisotopic (exact) mass is 267 g/mol. The molecule has 0 radical (unpaired) electrons. The van der Waals surface area contributed by atoms with Crippen LogP contribution in [0.1, 0.15) is 42.9 Å². The number of carboxylic acids is 1. The number of nitrogens with one attached hydrogen (secondary N) is 3. The quantitative estimate of drug-likeness (QED) is 0.638. The van der Waals surface area contributed by atoms with E-state index in [1.165, 1.54) is 0 Å². The number of H-pyrrole nitrogens is 1. The van der Waals surface area contributed by atoms with Crippen LogP contribution in [-0.2, 0) is 0 Å². The van der Waals surface area contributed by atoms with Crippen LogP contribution in [0.15, 0.2) is 6.07 Å². The smallest absolute Gasteiger partial charge is 0.354 e. The Hall–Kier alpha value is -1.98. The van der Waals surface area contributed by atoms with Gasteiger partial charge in [0.1, 0.15) is 5.69 Å². The SMILES string of the molecule is CCC(CC)CNC(=O)Nc1cc(C)[nH]c1C(=O)O. The number of rotatable bonds is 6. The molecule has 106 valence electrons. The molecule has 0 saturated carbocycles. The topological polar surface area (TPSA) is 94.2 Å². The molecule has 2 amide bonds. The van der Waals surface area contributed by atoms with Crippen LogP contribution in [0.4, 0.5) is 10.5 Å². The summed E-state index contributed by atoms with van der Waals surface area (Å²) in [5.41, 5.74) is 0.968. The number of carboxylic acid groups (broad SMARTS) is 1. The zero-order valence-electron chi connectivity index (χ0n) is 11.5. The van der Waals surface area contributed by atoms with Gasteiger partial charge in [-0.2, -0.15) is 0 Å². The molecule has 0 aliphatic heterocycles. The number of urea groups is 1. The van der Waals surface area contributed by atoms with Crippen LogP contribution in [0.25, 0.3) is 0 Å². The van der Waals surface area contributed by atoms with E-state index in [1.54, 1.807) is 13.0 Å². The van der Waals surface area contributed by atoms with Crippen LogP contribution in [0.2, 0.25) is 0 Å². The van der Waals surface area contributed by atoms with E-state index in [9.17, 15) is 9.59 Å². The fourth-order valence-corrected chi connectivity index (χ4v) is 1.84. The summed E-state index contributed by atoms with van der Waals surface area (Å²) < 4.78 is 0. The average molecular weight is 267 g/mol. The summed E-state index contributed by atoms with van der Waals surface area (Å²) in [5, 5.41) is 14.3. The fourth-order valence-electron chi connectivity index (χ4n) is 1.84. The molecule has 6 nitrogen and oxygen atoms in total. The lowest BCUT2D eigenvalue weighted by atomic mass is 10.0. The molecule has 0 bridgehead atoms. The highest BCUT2D eigenvalue weighted by atomic mass is 16.4. The van der Waals surface area contributed by atoms with Crippen LogP contribution in [0.3, 0.4) is 0 Å². The molecule has 0 unspecified atom stereocenters. The maximum atomic E-state index is 11.7. The van der Waals surface area contributed by atoms with Gasteiger partial charge in [-0.25, -0.2) is 9.59 Å². The van der Waals surface area contributed by atoms with Crippen molar-refractivity contribution in [3.05, 3.63) is 17.5 Å². The molecular formula is C13H21N3O3. The van der Waals surface area contributed by atoms with E-state index in [4.69, 9.17) is 5.11 Å². The van der Waals surface area contributed by atoms with Crippen LogP contribution in [-0.4, -0.2) is 28.6 Å². The largest absolute Gasteiger partial charge is 0.477 e. The van der Waals surface area contributed by atoms with Crippen LogP contribution < -0.4 is 10.6 Å². The summed E-state index contributed by atoms with van der Waals surface area (Å²) >= 11 is 0. The van der Waals surface area contributed by atoms with Gasteiger partial charge in [0.05, 0.1) is 5.69 Å². The third-order valence-corrected chi connectivity index (χ3v) is 3.12. The maximum Gasteiger partial charge on any atom is 0.354 e. The van der Waals surface area contributed by atoms with E-state index in [-0.39, 0.29) is 17.4 Å². The van der Waals surface area contributed by atoms with Crippen molar-refractivity contribution in [1.29, 1.82) is 0 Å². The molecule has 1 rings (SSSR count). The van der Waals surface area contributed by atoms with Gasteiger partial charge in [0, 0.05) is 12.2 Å². The van der Waals surface area contributed by atoms with Gasteiger partial charge < -0.3 is 20.7 Å². The van der Waals surface area contributed by atoms with Crippen molar-refractivity contribution < 1.29 is 14.7 Å². The van der Waals surface area contributed by atoms with Gasteiger partial charge in [-0.3, -0.25) is 0 Å². The third kappa shape index (κ3) is 4.31. The van der Waals surface area contributed by atoms with Crippen molar-refractivity contribution in [2.75, 3.05) is 11.9 Å². The minimum atomic E-state index is -1.09. The fraction of sp³-hybridized carbons (Fsp3) is 0.538. The van der Waals surface area contributed by atoms with Crippen molar-refractivity contribution in [3.63, 3.8) is 0 Å². The molecule has 0 fully saturated rings. The highest BCUT2D eigenvalue weighted by Crippen LogP contribution is 2.16. The summed E-state index contributed by atoms with van der Waals surface area (Å²) in [6.07, 6.45) is 2.00. The maximum absolute atomic E-state index is 11.7. The second kappa shape index (κ2) is 6.82. The number of anilines is 1. The normalized spacial score (nSPS) is 10.5. The molecule has 19 heavy (non-hydrogen) atoms. The number of carbonyl (C=O) groups is 2. The molecule has 0 aromatic carbocycles. The number of aryl methyl sites for hydroxylation is 1. The average Bonchev–Trinajstić information content (AvgIpc) is 2.71. The molecule has 0 aliphatic carbocycles. The number of aromatic amines is 1. The predicted molar refractivity (Wildman–Crippen MR) is 73.6 cm³/mol. The van der Waals surface area contributed by atoms with Gasteiger partial charge in [-0.1, -0.05) is 26.7 Å². The first kappa shape index (κ1) is 15.1. The molecular weight excluding hydrogens is 246 g/mol. The summed E-state index contributed by atoms with van der Waals surface area (Å²) in [7, 11) is 0. The van der Waals surface area contributed by atoms with Crippen LogP contribution in [0, 0.1) is 12.8 Å². The number of hydrogen-bond acceptors (Lipinski definition) is 2. The highest BCUT2D eigenvalue weighted by molar-refractivity contribution is 5.99. The zero-order chi connectivity index (χ0) is 14.4. The molecule has 0 spiro atoms. The van der Waals surface area contributed by atoms with Crippen molar-refractivity contribution in [3.8, 4) is 0 Å². The standard InChI is InChI=1S/C13H21N3O3/c1-4-9(5-2)7-14-13(19)16-10-6-8(3)15-11(10)12(17)18/h6,9,15H,4-5,7H2,1-3H3,(H,17,18)(H2,14,16,19). The molecule has 1 aromatic rings. The zero-order valence-corrected chi connectivity index (χ0v) is 11.5. The Balaban J connectivity index is 2.59. The number of hydrogen-bond donors (Lipinski definition) is 4. The van der Waals surface area contributed by atoms with Crippen molar-refractivity contribution in [1.82, 2.24) is 10.3 Å². The van der Waals surface area contributed by atoms with E-state index < -0.39 is 5.97 Å². The van der Waals surface area contributed by atoms with Gasteiger partial charge in [0.2, 0.25) is 0 Å². The molecule has 0 aliphatic rings. The Kier molecular flexibility index (Phi) is 5.41. The Bertz CT molecular complexity index is 450. The first-order valence-corrected chi connectivity index (χ1v) is 6.45. The Morgan fingerprint density at radius 2 is 2.00 bits per heavy atom. The first-order chi connectivity index (χ1) is 8.97. The Morgan fingerprint density at radius 3 is 2.53 bits per heavy atom. The molecule has 0 saturated heterocycles. The van der Waals surface area contributed by atoms with Crippen LogP contribution in [0.5, 0.6) is 0 Å². The minimum absolute atomic E-state index is 0.00446. The molecule has 0 atom stereocenters. The van der Waals surface area contributed by atoms with Gasteiger partial charge >= 0.3 is 12.0 Å². The third-order valence-electron chi connectivity index (χ3n) is 3.12. The lowest BCUT2D eigenvalue weighted by molar-refractivity contribution is 0.0692. The summed E-state index contributed by atoms with van der Waals surface area (Å²) in [6, 6.07) is 1.22. The van der Waals surface area contributed by atoms with Gasteiger partial charge in [-0.15, -0.1) is 0 Å². The van der Waals surface area contributed by atoms with Crippen molar-refractivity contribution >= 4 is 17.7 Å². The highest BCUT2D eigenvalue weighted by Gasteiger charge is 2.15. The van der Waals surface area contributed by atoms with E-state index in [2.05, 4.69) is 29.5 Å². The van der Waals surface area contributed by atoms with Gasteiger partial charge in [-0.05, 0) is 18.9 Å². The predicted octanol–water partition coefficient (Wildman–Crippen LogP) is 2.58. The van der Waals surface area contributed by atoms with Gasteiger partial charge in [0.25, 0.3) is 0 Å². The van der Waals surface area contributed by atoms with E-state index in [1.807, 2.05) is 0 Å². The first-order valence-electron chi connectivity index (χ1n) is 6.45. The van der Waals surface area contributed by atoms with E-state index in [0.29, 0.717) is 18.2 Å². The molecule has 1 aromatic heterocycles. The second-order valence-corrected chi connectivity index (χ2v) is 4.56. The van der Waals surface area contributed by atoms with Crippen molar-refractivity contribution in [2.24, 2.45) is 5.92 Å². The number of aromatic carboxylic acids is 1. The Labute approximate surface area is 112 Å². The van der Waals surface area contributed by atoms with Crippen molar-refractivity contribution in [2.45, 2.75) is 33.6 Å². The van der Waals surface area contributed by atoms with Gasteiger partial charge in [0.15, 0.2) is 0 Å².